The minimum absolute atomic E-state index is 0.464. The highest BCUT2D eigenvalue weighted by atomic mass is 79.9. The van der Waals surface area contributed by atoms with Gasteiger partial charge in [-0.05, 0) is 32.1 Å². The van der Waals surface area contributed by atoms with Crippen molar-refractivity contribution in [3.8, 4) is 0 Å². The van der Waals surface area contributed by atoms with E-state index >= 15 is 0 Å². The zero-order valence-corrected chi connectivity index (χ0v) is 11.2. The largest absolute Gasteiger partial charge is 0.378 e. The Morgan fingerprint density at radius 1 is 1.00 bits per heavy atom. The lowest BCUT2D eigenvalue weighted by molar-refractivity contribution is -0.0424. The summed E-state index contributed by atoms with van der Waals surface area (Å²) in [5.74, 6) is 0. The summed E-state index contributed by atoms with van der Waals surface area (Å²) in [6.07, 6.45) is 13.0. The third-order valence-corrected chi connectivity index (χ3v) is 5.31. The Kier molecular flexibility index (Phi) is 4.51. The molecular weight excluding hydrogens is 252 g/mol. The summed E-state index contributed by atoms with van der Waals surface area (Å²) in [5.41, 5.74) is 0.464. The van der Waals surface area contributed by atoms with Crippen LogP contribution in [0.4, 0.5) is 0 Å². The number of ether oxygens (including phenoxy) is 1. The normalized spacial score (nSPS) is 27.0. The van der Waals surface area contributed by atoms with Gasteiger partial charge >= 0.3 is 0 Å². The first-order valence-corrected chi connectivity index (χ1v) is 7.64. The van der Waals surface area contributed by atoms with Gasteiger partial charge in [0.05, 0.1) is 12.7 Å². The molecule has 2 aliphatic rings. The van der Waals surface area contributed by atoms with Crippen LogP contribution >= 0.6 is 15.9 Å². The SMILES string of the molecule is BrCC1(COC2CCC2)CCCCCC1. The van der Waals surface area contributed by atoms with Crippen molar-refractivity contribution in [2.45, 2.75) is 63.9 Å². The Hall–Kier alpha value is 0.440. The maximum Gasteiger partial charge on any atom is 0.0575 e. The predicted molar refractivity (Wildman–Crippen MR) is 67.5 cm³/mol. The van der Waals surface area contributed by atoms with Gasteiger partial charge in [-0.15, -0.1) is 0 Å². The molecule has 0 amide bonds. The van der Waals surface area contributed by atoms with Gasteiger partial charge < -0.3 is 4.74 Å². The molecule has 88 valence electrons. The smallest absolute Gasteiger partial charge is 0.0575 e. The molecule has 1 nitrogen and oxygen atoms in total. The molecule has 2 saturated carbocycles. The van der Waals surface area contributed by atoms with E-state index in [1.807, 2.05) is 0 Å². The summed E-state index contributed by atoms with van der Waals surface area (Å²) in [6, 6.07) is 0. The van der Waals surface area contributed by atoms with Crippen molar-refractivity contribution >= 4 is 15.9 Å². The van der Waals surface area contributed by atoms with Crippen molar-refractivity contribution < 1.29 is 4.74 Å². The van der Waals surface area contributed by atoms with Crippen LogP contribution in [0.5, 0.6) is 0 Å². The number of halogens is 1. The molecule has 2 heteroatoms. The van der Waals surface area contributed by atoms with Crippen molar-refractivity contribution in [1.29, 1.82) is 0 Å². The van der Waals surface area contributed by atoms with Gasteiger partial charge in [-0.2, -0.15) is 0 Å². The van der Waals surface area contributed by atoms with Gasteiger partial charge in [0.25, 0.3) is 0 Å². The molecule has 0 aromatic rings. The number of rotatable bonds is 4. The molecule has 0 aromatic carbocycles. The van der Waals surface area contributed by atoms with Gasteiger partial charge in [0.1, 0.15) is 0 Å². The van der Waals surface area contributed by atoms with E-state index in [4.69, 9.17) is 4.74 Å². The highest BCUT2D eigenvalue weighted by Crippen LogP contribution is 2.38. The average Bonchev–Trinajstić information content (AvgIpc) is 2.42. The van der Waals surface area contributed by atoms with Crippen molar-refractivity contribution in [2.75, 3.05) is 11.9 Å². The summed E-state index contributed by atoms with van der Waals surface area (Å²) in [4.78, 5) is 0. The van der Waals surface area contributed by atoms with E-state index < -0.39 is 0 Å². The Bertz CT molecular complexity index is 181. The topological polar surface area (TPSA) is 9.23 Å². The van der Waals surface area contributed by atoms with Crippen LogP contribution in [0.3, 0.4) is 0 Å². The van der Waals surface area contributed by atoms with Crippen LogP contribution in [0.2, 0.25) is 0 Å². The van der Waals surface area contributed by atoms with Crippen molar-refractivity contribution in [3.63, 3.8) is 0 Å². The van der Waals surface area contributed by atoms with Gasteiger partial charge in [0, 0.05) is 10.7 Å². The zero-order chi connectivity index (χ0) is 10.6. The summed E-state index contributed by atoms with van der Waals surface area (Å²) in [5, 5.41) is 1.13. The molecule has 0 radical (unpaired) electrons. The fourth-order valence-electron chi connectivity index (χ4n) is 2.63. The third-order valence-electron chi connectivity index (χ3n) is 4.13. The summed E-state index contributed by atoms with van der Waals surface area (Å²) in [6.45, 7) is 1.00. The number of hydrogen-bond donors (Lipinski definition) is 0. The van der Waals surface area contributed by atoms with Crippen LogP contribution < -0.4 is 0 Å². The van der Waals surface area contributed by atoms with E-state index in [1.165, 1.54) is 57.8 Å². The van der Waals surface area contributed by atoms with E-state index in [1.54, 1.807) is 0 Å². The lowest BCUT2D eigenvalue weighted by Crippen LogP contribution is -2.33. The summed E-state index contributed by atoms with van der Waals surface area (Å²) < 4.78 is 6.04. The van der Waals surface area contributed by atoms with Gasteiger partial charge in [-0.25, -0.2) is 0 Å². The van der Waals surface area contributed by atoms with Crippen molar-refractivity contribution in [3.05, 3.63) is 0 Å². The van der Waals surface area contributed by atoms with E-state index in [9.17, 15) is 0 Å². The quantitative estimate of drug-likeness (QED) is 0.549. The lowest BCUT2D eigenvalue weighted by atomic mass is 9.83. The van der Waals surface area contributed by atoms with Gasteiger partial charge in [0.15, 0.2) is 0 Å². The fraction of sp³-hybridized carbons (Fsp3) is 1.00. The molecule has 0 heterocycles. The maximum absolute atomic E-state index is 6.04. The van der Waals surface area contributed by atoms with E-state index in [-0.39, 0.29) is 0 Å². The number of alkyl halides is 1. The minimum Gasteiger partial charge on any atom is -0.378 e. The first kappa shape index (κ1) is 11.9. The van der Waals surface area contributed by atoms with Crippen molar-refractivity contribution in [2.24, 2.45) is 5.41 Å². The molecule has 0 N–H and O–H groups in total. The Morgan fingerprint density at radius 2 is 1.67 bits per heavy atom. The minimum atomic E-state index is 0.464. The highest BCUT2D eigenvalue weighted by Gasteiger charge is 2.32. The second kappa shape index (κ2) is 5.67. The third kappa shape index (κ3) is 3.20. The summed E-state index contributed by atoms with van der Waals surface area (Å²) in [7, 11) is 0. The van der Waals surface area contributed by atoms with Crippen LogP contribution in [0, 0.1) is 5.41 Å². The van der Waals surface area contributed by atoms with Gasteiger partial charge in [-0.3, -0.25) is 0 Å². The average molecular weight is 275 g/mol. The zero-order valence-electron chi connectivity index (χ0n) is 9.64. The fourth-order valence-corrected chi connectivity index (χ4v) is 3.35. The van der Waals surface area contributed by atoms with E-state index in [0.29, 0.717) is 11.5 Å². The molecule has 2 fully saturated rings. The molecule has 0 bridgehead atoms. The monoisotopic (exact) mass is 274 g/mol. The predicted octanol–water partition coefficient (Wildman–Crippen LogP) is 4.29. The molecule has 0 aliphatic heterocycles. The molecule has 0 saturated heterocycles. The molecule has 15 heavy (non-hydrogen) atoms. The van der Waals surface area contributed by atoms with Gasteiger partial charge in [0.2, 0.25) is 0 Å². The van der Waals surface area contributed by atoms with Crippen LogP contribution in [-0.4, -0.2) is 18.0 Å². The molecule has 0 atom stereocenters. The summed E-state index contributed by atoms with van der Waals surface area (Å²) >= 11 is 3.71. The molecule has 0 aromatic heterocycles. The first-order chi connectivity index (χ1) is 7.35. The van der Waals surface area contributed by atoms with Crippen LogP contribution in [0.1, 0.15) is 57.8 Å². The Labute approximate surface area is 102 Å². The van der Waals surface area contributed by atoms with Crippen LogP contribution in [0.25, 0.3) is 0 Å². The maximum atomic E-state index is 6.04. The molecule has 0 unspecified atom stereocenters. The second-order valence-electron chi connectivity index (χ2n) is 5.41. The second-order valence-corrected chi connectivity index (χ2v) is 5.97. The molecule has 0 spiro atoms. The Balaban J connectivity index is 1.81. The van der Waals surface area contributed by atoms with E-state index in [0.717, 1.165) is 11.9 Å². The highest BCUT2D eigenvalue weighted by molar-refractivity contribution is 9.09. The first-order valence-electron chi connectivity index (χ1n) is 6.52. The van der Waals surface area contributed by atoms with Crippen molar-refractivity contribution in [1.82, 2.24) is 0 Å². The standard InChI is InChI=1S/C13H23BrO/c14-10-13(8-3-1-2-4-9-13)11-15-12-6-5-7-12/h12H,1-11H2. The molecular formula is C13H23BrO. The van der Waals surface area contributed by atoms with E-state index in [2.05, 4.69) is 15.9 Å². The van der Waals surface area contributed by atoms with Crippen LogP contribution in [-0.2, 0) is 4.74 Å². The molecule has 2 rings (SSSR count). The Morgan fingerprint density at radius 3 is 2.13 bits per heavy atom. The van der Waals surface area contributed by atoms with Crippen LogP contribution in [0.15, 0.2) is 0 Å². The lowest BCUT2D eigenvalue weighted by Gasteiger charge is -2.35. The van der Waals surface area contributed by atoms with Gasteiger partial charge in [-0.1, -0.05) is 41.6 Å². The number of hydrogen-bond acceptors (Lipinski definition) is 1. The molecule has 2 aliphatic carbocycles.